The summed E-state index contributed by atoms with van der Waals surface area (Å²) in [6.45, 7) is 9.10. The van der Waals surface area contributed by atoms with Crippen LogP contribution in [0, 0.1) is 0 Å². The van der Waals surface area contributed by atoms with E-state index in [1.54, 1.807) is 0 Å². The van der Waals surface area contributed by atoms with Crippen molar-refractivity contribution in [1.29, 1.82) is 0 Å². The standard InChI is InChI=1S/C32H60N6O7S/c1-3-38(2)18-7-6-15-33-29(40)13-8-14-30(41)35-17-10-20-44-22-24-45-23-21-43-19-9-16-34-28(39)12-5-4-11-27-31-26(25-46-27)36-32(42)37-31/h26-27,31H,3-25H2,1-2H3,(H,33,40)(H,34,39)(H,35,41)(H2,36,37,42)/t26?,27-,31?/m0/s1. The number of carbonyl (C=O) groups is 4. The van der Waals surface area contributed by atoms with Crippen molar-refractivity contribution in [2.45, 2.75) is 94.9 Å². The number of ether oxygens (including phenoxy) is 3. The Bertz CT molecular complexity index is 871. The number of carbonyl (C=O) groups excluding carboxylic acids is 4. The summed E-state index contributed by atoms with van der Waals surface area (Å²) in [5.74, 6) is 1.01. The highest BCUT2D eigenvalue weighted by Gasteiger charge is 2.42. The van der Waals surface area contributed by atoms with Crippen LogP contribution in [0.25, 0.3) is 0 Å². The van der Waals surface area contributed by atoms with Crippen LogP contribution in [0.3, 0.4) is 0 Å². The van der Waals surface area contributed by atoms with Crippen LogP contribution in [-0.4, -0.2) is 131 Å². The lowest BCUT2D eigenvalue weighted by Gasteiger charge is -2.16. The van der Waals surface area contributed by atoms with Crippen molar-refractivity contribution >= 4 is 35.5 Å². The van der Waals surface area contributed by atoms with Gasteiger partial charge in [0.25, 0.3) is 0 Å². The minimum atomic E-state index is -0.0579. The Kier molecular flexibility index (Phi) is 22.5. The van der Waals surface area contributed by atoms with E-state index in [0.717, 1.165) is 63.8 Å². The molecule has 2 rings (SSSR count). The van der Waals surface area contributed by atoms with Crippen LogP contribution < -0.4 is 26.6 Å². The van der Waals surface area contributed by atoms with Gasteiger partial charge in [-0.1, -0.05) is 13.3 Å². The Balaban J connectivity index is 1.24. The van der Waals surface area contributed by atoms with Gasteiger partial charge >= 0.3 is 6.03 Å². The number of rotatable bonds is 29. The molecule has 0 saturated carbocycles. The third-order valence-electron chi connectivity index (χ3n) is 8.04. The van der Waals surface area contributed by atoms with Crippen molar-refractivity contribution in [3.8, 4) is 0 Å². The van der Waals surface area contributed by atoms with Crippen LogP contribution in [0.2, 0.25) is 0 Å². The first-order valence-electron chi connectivity index (χ1n) is 17.3. The lowest BCUT2D eigenvalue weighted by molar-refractivity contribution is -0.123. The molecule has 3 atom stereocenters. The van der Waals surface area contributed by atoms with E-state index in [1.165, 1.54) is 0 Å². The average molecular weight is 673 g/mol. The fourth-order valence-electron chi connectivity index (χ4n) is 5.19. The summed E-state index contributed by atoms with van der Waals surface area (Å²) in [5.41, 5.74) is 0. The van der Waals surface area contributed by atoms with Crippen molar-refractivity contribution in [1.82, 2.24) is 31.5 Å². The Morgan fingerprint density at radius 1 is 0.739 bits per heavy atom. The summed E-state index contributed by atoms with van der Waals surface area (Å²) >= 11 is 1.91. The second-order valence-corrected chi connectivity index (χ2v) is 13.2. The number of hydrogen-bond donors (Lipinski definition) is 5. The molecule has 2 aliphatic heterocycles. The second kappa shape index (κ2) is 25.9. The summed E-state index contributed by atoms with van der Waals surface area (Å²) < 4.78 is 16.6. The summed E-state index contributed by atoms with van der Waals surface area (Å²) in [6, 6.07) is 0.419. The fourth-order valence-corrected chi connectivity index (χ4v) is 6.73. The van der Waals surface area contributed by atoms with Gasteiger partial charge in [0.05, 0.1) is 38.5 Å². The molecular formula is C32H60N6O7S. The maximum Gasteiger partial charge on any atom is 0.315 e. The predicted octanol–water partition coefficient (Wildman–Crippen LogP) is 1.79. The molecule has 0 spiro atoms. The molecule has 266 valence electrons. The third kappa shape index (κ3) is 19.5. The highest BCUT2D eigenvalue weighted by atomic mass is 32.2. The number of urea groups is 1. The normalized spacial score (nSPS) is 18.7. The molecule has 13 nitrogen and oxygen atoms in total. The number of thioether (sulfide) groups is 1. The smallest absolute Gasteiger partial charge is 0.315 e. The van der Waals surface area contributed by atoms with Crippen LogP contribution in [-0.2, 0) is 28.6 Å². The zero-order chi connectivity index (χ0) is 33.2. The first-order chi connectivity index (χ1) is 22.4. The Hall–Kier alpha value is -2.13. The van der Waals surface area contributed by atoms with Crippen LogP contribution in [0.15, 0.2) is 0 Å². The van der Waals surface area contributed by atoms with Crippen LogP contribution in [0.1, 0.15) is 77.6 Å². The largest absolute Gasteiger partial charge is 0.379 e. The monoisotopic (exact) mass is 672 g/mol. The van der Waals surface area contributed by atoms with E-state index >= 15 is 0 Å². The number of nitrogens with one attached hydrogen (secondary N) is 5. The SMILES string of the molecule is CCN(C)CCCCNC(=O)CCCC(=O)NCCCOCCOCCOCCCNC(=O)CCCC[C@@H]1SCC2NC(=O)NC21. The quantitative estimate of drug-likeness (QED) is 0.0590. The molecule has 2 fully saturated rings. The Morgan fingerprint density at radius 3 is 1.87 bits per heavy atom. The number of hydrogen-bond acceptors (Lipinski definition) is 9. The molecule has 46 heavy (non-hydrogen) atoms. The van der Waals surface area contributed by atoms with Crippen molar-refractivity contribution in [2.75, 3.05) is 85.2 Å². The van der Waals surface area contributed by atoms with Crippen LogP contribution in [0.5, 0.6) is 0 Å². The first kappa shape index (κ1) is 40.0. The maximum atomic E-state index is 12.0. The molecule has 0 aliphatic carbocycles. The number of unbranched alkanes of at least 4 members (excludes halogenated alkanes) is 2. The van der Waals surface area contributed by atoms with E-state index in [9.17, 15) is 19.2 Å². The fraction of sp³-hybridized carbons (Fsp3) is 0.875. The van der Waals surface area contributed by atoms with E-state index in [2.05, 4.69) is 45.5 Å². The molecule has 0 aromatic heterocycles. The van der Waals surface area contributed by atoms with Gasteiger partial charge in [0.1, 0.15) is 0 Å². The van der Waals surface area contributed by atoms with Crippen LogP contribution in [0.4, 0.5) is 4.79 Å². The van der Waals surface area contributed by atoms with Gasteiger partial charge in [0, 0.05) is 63.1 Å². The number of amides is 5. The van der Waals surface area contributed by atoms with Gasteiger partial charge in [-0.05, 0) is 65.1 Å². The van der Waals surface area contributed by atoms with Crippen molar-refractivity contribution in [3.63, 3.8) is 0 Å². The summed E-state index contributed by atoms with van der Waals surface area (Å²) in [6.07, 6.45) is 8.17. The maximum absolute atomic E-state index is 12.0. The zero-order valence-corrected chi connectivity index (χ0v) is 29.0. The molecule has 0 bridgehead atoms. The molecule has 14 heteroatoms. The molecular weight excluding hydrogens is 612 g/mol. The van der Waals surface area contributed by atoms with Gasteiger partial charge < -0.3 is 45.7 Å². The molecule has 5 N–H and O–H groups in total. The summed E-state index contributed by atoms with van der Waals surface area (Å²) in [5, 5.41) is 15.1. The van der Waals surface area contributed by atoms with E-state index in [-0.39, 0.29) is 35.8 Å². The third-order valence-corrected chi connectivity index (χ3v) is 9.54. The minimum Gasteiger partial charge on any atom is -0.379 e. The number of fused-ring (bicyclic) bond motifs is 1. The molecule has 5 amide bonds. The van der Waals surface area contributed by atoms with E-state index < -0.39 is 0 Å². The van der Waals surface area contributed by atoms with Gasteiger partial charge in [-0.3, -0.25) is 14.4 Å². The molecule has 2 saturated heterocycles. The first-order valence-corrected chi connectivity index (χ1v) is 18.3. The highest BCUT2D eigenvalue weighted by molar-refractivity contribution is 8.00. The lowest BCUT2D eigenvalue weighted by atomic mass is 10.0. The Labute approximate surface area is 280 Å². The number of nitrogens with zero attached hydrogens (tertiary/aromatic N) is 1. The Morgan fingerprint density at radius 2 is 1.28 bits per heavy atom. The zero-order valence-electron chi connectivity index (χ0n) is 28.2. The van der Waals surface area contributed by atoms with Gasteiger partial charge in [-0.2, -0.15) is 11.8 Å². The van der Waals surface area contributed by atoms with Crippen molar-refractivity contribution in [3.05, 3.63) is 0 Å². The van der Waals surface area contributed by atoms with E-state index in [1.807, 2.05) is 11.8 Å². The molecule has 0 aromatic carbocycles. The van der Waals surface area contributed by atoms with E-state index in [0.29, 0.717) is 90.2 Å². The molecule has 0 radical (unpaired) electrons. The predicted molar refractivity (Wildman–Crippen MR) is 181 cm³/mol. The lowest BCUT2D eigenvalue weighted by Crippen LogP contribution is -2.36. The highest BCUT2D eigenvalue weighted by Crippen LogP contribution is 2.33. The minimum absolute atomic E-state index is 0.00991. The van der Waals surface area contributed by atoms with Gasteiger partial charge in [-0.15, -0.1) is 0 Å². The van der Waals surface area contributed by atoms with Crippen molar-refractivity contribution < 1.29 is 33.4 Å². The van der Waals surface area contributed by atoms with E-state index in [4.69, 9.17) is 14.2 Å². The topological polar surface area (TPSA) is 159 Å². The van der Waals surface area contributed by atoms with Gasteiger partial charge in [0.15, 0.2) is 0 Å². The van der Waals surface area contributed by atoms with Crippen molar-refractivity contribution in [2.24, 2.45) is 0 Å². The average Bonchev–Trinajstić information content (AvgIpc) is 3.59. The second-order valence-electron chi connectivity index (χ2n) is 11.9. The summed E-state index contributed by atoms with van der Waals surface area (Å²) in [4.78, 5) is 49.6. The van der Waals surface area contributed by atoms with Gasteiger partial charge in [-0.25, -0.2) is 4.79 Å². The van der Waals surface area contributed by atoms with Gasteiger partial charge in [0.2, 0.25) is 17.7 Å². The van der Waals surface area contributed by atoms with Crippen LogP contribution >= 0.6 is 11.8 Å². The molecule has 2 aliphatic rings. The molecule has 2 unspecified atom stereocenters. The summed E-state index contributed by atoms with van der Waals surface area (Å²) in [7, 11) is 2.09. The molecule has 2 heterocycles. The molecule has 0 aromatic rings.